The molecule has 1 unspecified atom stereocenters. The van der Waals surface area contributed by atoms with Crippen LogP contribution in [0.2, 0.25) is 0 Å². The second-order valence-electron chi connectivity index (χ2n) is 5.85. The molecule has 0 saturated carbocycles. The van der Waals surface area contributed by atoms with E-state index in [4.69, 9.17) is 17.3 Å². The van der Waals surface area contributed by atoms with Crippen LogP contribution in [0.3, 0.4) is 0 Å². The molecular formula is C15H22ClN3O2S. The van der Waals surface area contributed by atoms with Gasteiger partial charge in [0.05, 0.1) is 22.2 Å². The second kappa shape index (κ2) is 6.87. The van der Waals surface area contributed by atoms with Crippen molar-refractivity contribution in [1.82, 2.24) is 0 Å². The Labute approximate surface area is 137 Å². The van der Waals surface area contributed by atoms with Crippen LogP contribution in [-0.4, -0.2) is 39.5 Å². The summed E-state index contributed by atoms with van der Waals surface area (Å²) in [5.74, 6) is 0.997. The van der Waals surface area contributed by atoms with E-state index in [-0.39, 0.29) is 5.88 Å². The summed E-state index contributed by atoms with van der Waals surface area (Å²) in [4.78, 5) is 6.68. The smallest absolute Gasteiger partial charge is 0.177 e. The Morgan fingerprint density at radius 1 is 1.50 bits per heavy atom. The molecule has 5 nitrogen and oxygen atoms in total. The number of alkyl halides is 1. The highest BCUT2D eigenvalue weighted by atomic mass is 35.5. The van der Waals surface area contributed by atoms with Crippen LogP contribution in [-0.2, 0) is 9.84 Å². The Hall–Kier alpha value is -1.27. The quantitative estimate of drug-likeness (QED) is 0.518. The molecule has 1 fully saturated rings. The Morgan fingerprint density at radius 2 is 2.23 bits per heavy atom. The topological polar surface area (TPSA) is 75.8 Å². The van der Waals surface area contributed by atoms with E-state index in [9.17, 15) is 8.42 Å². The van der Waals surface area contributed by atoms with E-state index >= 15 is 0 Å². The molecular weight excluding hydrogens is 322 g/mol. The van der Waals surface area contributed by atoms with Gasteiger partial charge in [0.1, 0.15) is 5.84 Å². The van der Waals surface area contributed by atoms with Crippen molar-refractivity contribution in [3.05, 3.63) is 18.2 Å². The summed E-state index contributed by atoms with van der Waals surface area (Å²) in [6.45, 7) is 3.88. The third kappa shape index (κ3) is 4.14. The van der Waals surface area contributed by atoms with E-state index in [2.05, 4.69) is 16.8 Å². The van der Waals surface area contributed by atoms with Gasteiger partial charge in [0.15, 0.2) is 9.84 Å². The van der Waals surface area contributed by atoms with Gasteiger partial charge in [-0.2, -0.15) is 0 Å². The molecule has 0 amide bonds. The maximum absolute atomic E-state index is 12.1. The maximum atomic E-state index is 12.1. The molecule has 2 N–H and O–H groups in total. The lowest BCUT2D eigenvalue weighted by atomic mass is 10.00. The second-order valence-corrected chi connectivity index (χ2v) is 8.11. The lowest BCUT2D eigenvalue weighted by molar-refractivity contribution is 0.445. The molecule has 1 aliphatic rings. The van der Waals surface area contributed by atoms with E-state index in [1.54, 1.807) is 18.2 Å². The fourth-order valence-corrected chi connectivity index (χ4v) is 3.68. The van der Waals surface area contributed by atoms with Gasteiger partial charge in [-0.3, -0.25) is 0 Å². The molecule has 1 heterocycles. The van der Waals surface area contributed by atoms with Crippen LogP contribution in [0.15, 0.2) is 28.1 Å². The third-order valence-corrected chi connectivity index (χ3v) is 5.17. The van der Waals surface area contributed by atoms with Crippen molar-refractivity contribution in [3.8, 4) is 0 Å². The number of aliphatic imine (C=N–C) groups is 1. The minimum atomic E-state index is -3.30. The molecule has 122 valence electrons. The van der Waals surface area contributed by atoms with Crippen LogP contribution in [0.4, 0.5) is 11.4 Å². The van der Waals surface area contributed by atoms with E-state index in [0.29, 0.717) is 28.0 Å². The van der Waals surface area contributed by atoms with Gasteiger partial charge in [-0.1, -0.05) is 6.92 Å². The number of hydrogen-bond acceptors (Lipinski definition) is 4. The first kappa shape index (κ1) is 17.1. The van der Waals surface area contributed by atoms with E-state index < -0.39 is 9.84 Å². The van der Waals surface area contributed by atoms with Crippen LogP contribution < -0.4 is 10.6 Å². The van der Waals surface area contributed by atoms with Crippen molar-refractivity contribution < 1.29 is 8.42 Å². The van der Waals surface area contributed by atoms with Crippen molar-refractivity contribution in [2.24, 2.45) is 16.6 Å². The first-order valence-corrected chi connectivity index (χ1v) is 9.72. The summed E-state index contributed by atoms with van der Waals surface area (Å²) >= 11 is 5.65. The van der Waals surface area contributed by atoms with Gasteiger partial charge in [0.25, 0.3) is 0 Å². The van der Waals surface area contributed by atoms with Crippen LogP contribution in [0.25, 0.3) is 0 Å². The summed E-state index contributed by atoms with van der Waals surface area (Å²) in [6.07, 6.45) is 3.46. The molecule has 1 atom stereocenters. The predicted molar refractivity (Wildman–Crippen MR) is 92.2 cm³/mol. The molecule has 22 heavy (non-hydrogen) atoms. The number of rotatable bonds is 4. The fraction of sp³-hybridized carbons (Fsp3) is 0.533. The van der Waals surface area contributed by atoms with Crippen molar-refractivity contribution in [1.29, 1.82) is 0 Å². The molecule has 2 rings (SSSR count). The first-order chi connectivity index (χ1) is 10.3. The van der Waals surface area contributed by atoms with Gasteiger partial charge < -0.3 is 10.6 Å². The average molecular weight is 344 g/mol. The number of piperidine rings is 1. The summed E-state index contributed by atoms with van der Waals surface area (Å²) in [5.41, 5.74) is 7.00. The molecule has 0 aliphatic carbocycles. The number of halogens is 1. The number of nitrogens with zero attached hydrogens (tertiary/aromatic N) is 2. The van der Waals surface area contributed by atoms with Crippen molar-refractivity contribution in [3.63, 3.8) is 0 Å². The minimum Gasteiger partial charge on any atom is -0.386 e. The number of sulfone groups is 1. The molecule has 0 bridgehead atoms. The monoisotopic (exact) mass is 343 g/mol. The van der Waals surface area contributed by atoms with E-state index in [1.807, 2.05) is 0 Å². The summed E-state index contributed by atoms with van der Waals surface area (Å²) < 4.78 is 24.1. The lowest BCUT2D eigenvalue weighted by Gasteiger charge is -2.34. The lowest BCUT2D eigenvalue weighted by Crippen LogP contribution is -2.35. The Morgan fingerprint density at radius 3 is 2.82 bits per heavy atom. The molecule has 0 spiro atoms. The standard InChI is InChI=1S/C15H22ClN3O2S/c1-11-4-3-7-19(10-11)13-8-12(18-15(17)9-16)5-6-14(13)22(2,20)21/h5-6,8,11H,3-4,7,9-10H2,1-2H3,(H2,17,18). The van der Waals surface area contributed by atoms with Crippen molar-refractivity contribution >= 4 is 38.6 Å². The Kier molecular flexibility index (Phi) is 5.34. The van der Waals surface area contributed by atoms with Crippen molar-refractivity contribution in [2.45, 2.75) is 24.7 Å². The number of nitrogens with two attached hydrogens (primary N) is 1. The highest BCUT2D eigenvalue weighted by Crippen LogP contribution is 2.32. The zero-order chi connectivity index (χ0) is 16.3. The van der Waals surface area contributed by atoms with Gasteiger partial charge in [-0.15, -0.1) is 11.6 Å². The fourth-order valence-electron chi connectivity index (χ4n) is 2.74. The number of amidine groups is 1. The highest BCUT2D eigenvalue weighted by molar-refractivity contribution is 7.90. The minimum absolute atomic E-state index is 0.143. The summed E-state index contributed by atoms with van der Waals surface area (Å²) in [5, 5.41) is 0. The van der Waals surface area contributed by atoms with Crippen molar-refractivity contribution in [2.75, 3.05) is 30.1 Å². The third-order valence-electron chi connectivity index (χ3n) is 3.75. The highest BCUT2D eigenvalue weighted by Gasteiger charge is 2.23. The molecule has 0 radical (unpaired) electrons. The molecule has 1 aliphatic heterocycles. The average Bonchev–Trinajstić information content (AvgIpc) is 2.46. The first-order valence-electron chi connectivity index (χ1n) is 7.29. The van der Waals surface area contributed by atoms with Gasteiger partial charge in [-0.05, 0) is 37.0 Å². The SMILES string of the molecule is CC1CCCN(c2cc(N=C(N)CCl)ccc2S(C)(=O)=O)C1. The van der Waals surface area contributed by atoms with Crippen LogP contribution in [0.5, 0.6) is 0 Å². The Balaban J connectivity index is 2.48. The van der Waals surface area contributed by atoms with Gasteiger partial charge >= 0.3 is 0 Å². The van der Waals surface area contributed by atoms with Gasteiger partial charge in [0.2, 0.25) is 0 Å². The summed E-state index contributed by atoms with van der Waals surface area (Å²) in [6, 6.07) is 5.05. The number of anilines is 1. The van der Waals surface area contributed by atoms with Gasteiger partial charge in [-0.25, -0.2) is 13.4 Å². The van der Waals surface area contributed by atoms with Crippen LogP contribution >= 0.6 is 11.6 Å². The van der Waals surface area contributed by atoms with E-state index in [1.165, 1.54) is 12.7 Å². The molecule has 0 aromatic heterocycles. The number of hydrogen-bond donors (Lipinski definition) is 1. The van der Waals surface area contributed by atoms with Crippen LogP contribution in [0, 0.1) is 5.92 Å². The van der Waals surface area contributed by atoms with E-state index in [0.717, 1.165) is 19.5 Å². The summed E-state index contributed by atoms with van der Waals surface area (Å²) in [7, 11) is -3.30. The zero-order valence-corrected chi connectivity index (χ0v) is 14.5. The largest absolute Gasteiger partial charge is 0.386 e. The molecule has 1 aromatic carbocycles. The molecule has 1 saturated heterocycles. The Bertz CT molecular complexity index is 673. The molecule has 7 heteroatoms. The molecule has 1 aromatic rings. The number of benzene rings is 1. The predicted octanol–water partition coefficient (Wildman–Crippen LogP) is 2.55. The van der Waals surface area contributed by atoms with Crippen LogP contribution in [0.1, 0.15) is 19.8 Å². The maximum Gasteiger partial charge on any atom is 0.177 e. The van der Waals surface area contributed by atoms with Gasteiger partial charge in [0, 0.05) is 19.3 Å². The zero-order valence-electron chi connectivity index (χ0n) is 12.9. The normalized spacial score (nSPS) is 20.2.